The first-order valence-electron chi connectivity index (χ1n) is 5.39. The minimum Gasteiger partial charge on any atom is -0.496 e. The van der Waals surface area contributed by atoms with Gasteiger partial charge in [-0.05, 0) is 12.1 Å². The Kier molecular flexibility index (Phi) is 3.64. The van der Waals surface area contributed by atoms with Gasteiger partial charge < -0.3 is 19.5 Å². The van der Waals surface area contributed by atoms with Gasteiger partial charge in [-0.2, -0.15) is 0 Å². The van der Waals surface area contributed by atoms with Gasteiger partial charge in [0.2, 0.25) is 0 Å². The predicted octanol–water partition coefficient (Wildman–Crippen LogP) is 1.36. The van der Waals surface area contributed by atoms with E-state index in [0.717, 1.165) is 30.2 Å². The summed E-state index contributed by atoms with van der Waals surface area (Å²) in [4.78, 5) is 0. The Morgan fingerprint density at radius 3 is 2.44 bits per heavy atom. The molecule has 0 radical (unpaired) electrons. The van der Waals surface area contributed by atoms with Crippen LogP contribution in [-0.2, 0) is 4.74 Å². The molecule has 4 heteroatoms. The predicted molar refractivity (Wildman–Crippen MR) is 61.1 cm³/mol. The molecule has 2 rings (SSSR count). The molecule has 0 aromatic heterocycles. The summed E-state index contributed by atoms with van der Waals surface area (Å²) in [6.07, 6.45) is 0. The highest BCUT2D eigenvalue weighted by Crippen LogP contribution is 2.34. The van der Waals surface area contributed by atoms with Crippen molar-refractivity contribution in [3.05, 3.63) is 23.8 Å². The highest BCUT2D eigenvalue weighted by molar-refractivity contribution is 5.47. The lowest BCUT2D eigenvalue weighted by atomic mass is 10.0. The van der Waals surface area contributed by atoms with Crippen molar-refractivity contribution in [1.29, 1.82) is 0 Å². The van der Waals surface area contributed by atoms with E-state index in [1.54, 1.807) is 14.2 Å². The number of benzene rings is 1. The highest BCUT2D eigenvalue weighted by Gasteiger charge is 2.22. The molecule has 1 saturated heterocycles. The maximum absolute atomic E-state index is 5.46. The van der Waals surface area contributed by atoms with Crippen molar-refractivity contribution in [2.24, 2.45) is 0 Å². The maximum Gasteiger partial charge on any atom is 0.127 e. The van der Waals surface area contributed by atoms with Crippen LogP contribution in [0.25, 0.3) is 0 Å². The van der Waals surface area contributed by atoms with Crippen molar-refractivity contribution in [1.82, 2.24) is 5.32 Å². The first-order valence-corrected chi connectivity index (χ1v) is 5.39. The normalized spacial score (nSPS) is 20.5. The van der Waals surface area contributed by atoms with Gasteiger partial charge in [-0.15, -0.1) is 0 Å². The summed E-state index contributed by atoms with van der Waals surface area (Å²) in [5, 5.41) is 3.40. The molecule has 4 nitrogen and oxygen atoms in total. The Morgan fingerprint density at radius 1 is 1.25 bits per heavy atom. The van der Waals surface area contributed by atoms with E-state index in [1.165, 1.54) is 0 Å². The van der Waals surface area contributed by atoms with Crippen LogP contribution in [0.1, 0.15) is 11.6 Å². The van der Waals surface area contributed by atoms with Crippen molar-refractivity contribution in [3.63, 3.8) is 0 Å². The zero-order chi connectivity index (χ0) is 11.4. The van der Waals surface area contributed by atoms with Gasteiger partial charge in [0.25, 0.3) is 0 Å². The van der Waals surface area contributed by atoms with Crippen LogP contribution in [0.15, 0.2) is 18.2 Å². The Balaban J connectivity index is 2.34. The van der Waals surface area contributed by atoms with Crippen molar-refractivity contribution in [2.45, 2.75) is 6.04 Å². The number of morpholine rings is 1. The number of hydrogen-bond acceptors (Lipinski definition) is 4. The van der Waals surface area contributed by atoms with Crippen LogP contribution in [0.5, 0.6) is 11.5 Å². The van der Waals surface area contributed by atoms with E-state index in [4.69, 9.17) is 14.2 Å². The standard InChI is InChI=1S/C12H17NO3/c1-14-10-4-3-5-11(15-2)12(10)9-8-16-7-6-13-9/h3-5,9,13H,6-8H2,1-2H3. The Morgan fingerprint density at radius 2 is 1.94 bits per heavy atom. The van der Waals surface area contributed by atoms with Gasteiger partial charge in [-0.25, -0.2) is 0 Å². The maximum atomic E-state index is 5.46. The van der Waals surface area contributed by atoms with Gasteiger partial charge in [-0.3, -0.25) is 0 Å². The van der Waals surface area contributed by atoms with Crippen LogP contribution in [0, 0.1) is 0 Å². The highest BCUT2D eigenvalue weighted by atomic mass is 16.5. The zero-order valence-corrected chi connectivity index (χ0v) is 9.66. The van der Waals surface area contributed by atoms with Crippen molar-refractivity contribution in [2.75, 3.05) is 34.0 Å². The number of nitrogens with one attached hydrogen (secondary N) is 1. The second-order valence-electron chi connectivity index (χ2n) is 3.66. The van der Waals surface area contributed by atoms with Crippen LogP contribution in [-0.4, -0.2) is 34.0 Å². The quantitative estimate of drug-likeness (QED) is 0.840. The molecule has 1 heterocycles. The topological polar surface area (TPSA) is 39.7 Å². The molecule has 1 atom stereocenters. The van der Waals surface area contributed by atoms with E-state index in [1.807, 2.05) is 18.2 Å². The first kappa shape index (κ1) is 11.2. The van der Waals surface area contributed by atoms with Gasteiger partial charge in [0.15, 0.2) is 0 Å². The molecule has 88 valence electrons. The van der Waals surface area contributed by atoms with E-state index < -0.39 is 0 Å². The second kappa shape index (κ2) is 5.18. The third-order valence-corrected chi connectivity index (χ3v) is 2.74. The smallest absolute Gasteiger partial charge is 0.127 e. The fourth-order valence-electron chi connectivity index (χ4n) is 1.97. The van der Waals surface area contributed by atoms with Crippen LogP contribution < -0.4 is 14.8 Å². The van der Waals surface area contributed by atoms with Crippen molar-refractivity contribution >= 4 is 0 Å². The summed E-state index contributed by atoms with van der Waals surface area (Å²) in [6, 6.07) is 5.94. The summed E-state index contributed by atoms with van der Waals surface area (Å²) in [5.41, 5.74) is 1.03. The largest absolute Gasteiger partial charge is 0.496 e. The summed E-state index contributed by atoms with van der Waals surface area (Å²) in [7, 11) is 3.34. The van der Waals surface area contributed by atoms with E-state index in [0.29, 0.717) is 6.61 Å². The van der Waals surface area contributed by atoms with Gasteiger partial charge in [0.1, 0.15) is 11.5 Å². The summed E-state index contributed by atoms with van der Waals surface area (Å²) in [5.74, 6) is 1.67. The van der Waals surface area contributed by atoms with Crippen LogP contribution in [0.3, 0.4) is 0 Å². The lowest BCUT2D eigenvalue weighted by Crippen LogP contribution is -2.35. The van der Waals surface area contributed by atoms with E-state index in [9.17, 15) is 0 Å². The third-order valence-electron chi connectivity index (χ3n) is 2.74. The molecule has 1 aromatic carbocycles. The lowest BCUT2D eigenvalue weighted by Gasteiger charge is -2.26. The van der Waals surface area contributed by atoms with Crippen LogP contribution in [0.4, 0.5) is 0 Å². The fourth-order valence-corrected chi connectivity index (χ4v) is 1.97. The van der Waals surface area contributed by atoms with Crippen LogP contribution >= 0.6 is 0 Å². The molecule has 1 unspecified atom stereocenters. The molecule has 0 amide bonds. The Labute approximate surface area is 95.5 Å². The fraction of sp³-hybridized carbons (Fsp3) is 0.500. The van der Waals surface area contributed by atoms with Gasteiger partial charge in [0, 0.05) is 6.54 Å². The second-order valence-corrected chi connectivity index (χ2v) is 3.66. The molecular weight excluding hydrogens is 206 g/mol. The molecule has 16 heavy (non-hydrogen) atoms. The third kappa shape index (κ3) is 2.13. The number of methoxy groups -OCH3 is 2. The van der Waals surface area contributed by atoms with Crippen molar-refractivity contribution < 1.29 is 14.2 Å². The lowest BCUT2D eigenvalue weighted by molar-refractivity contribution is 0.0752. The summed E-state index contributed by atoms with van der Waals surface area (Å²) >= 11 is 0. The SMILES string of the molecule is COc1cccc(OC)c1C1COCCN1. The molecule has 0 spiro atoms. The zero-order valence-electron chi connectivity index (χ0n) is 9.66. The average Bonchev–Trinajstić information content (AvgIpc) is 2.38. The molecule has 1 aliphatic heterocycles. The van der Waals surface area contributed by atoms with E-state index in [2.05, 4.69) is 5.32 Å². The molecule has 1 fully saturated rings. The molecular formula is C12H17NO3. The Hall–Kier alpha value is -1.26. The number of hydrogen-bond donors (Lipinski definition) is 1. The molecule has 1 N–H and O–H groups in total. The molecule has 0 aliphatic carbocycles. The average molecular weight is 223 g/mol. The summed E-state index contributed by atoms with van der Waals surface area (Å²) < 4.78 is 16.2. The van der Waals surface area contributed by atoms with Crippen molar-refractivity contribution in [3.8, 4) is 11.5 Å². The molecule has 1 aliphatic rings. The minimum atomic E-state index is 0.139. The van der Waals surface area contributed by atoms with E-state index >= 15 is 0 Å². The first-order chi connectivity index (χ1) is 7.86. The molecule has 0 saturated carbocycles. The summed E-state index contributed by atoms with van der Waals surface area (Å²) in [6.45, 7) is 2.26. The van der Waals surface area contributed by atoms with E-state index in [-0.39, 0.29) is 6.04 Å². The minimum absolute atomic E-state index is 0.139. The molecule has 1 aromatic rings. The number of ether oxygens (including phenoxy) is 3. The van der Waals surface area contributed by atoms with Crippen LogP contribution in [0.2, 0.25) is 0 Å². The monoisotopic (exact) mass is 223 g/mol. The Bertz CT molecular complexity index is 326. The molecule has 0 bridgehead atoms. The van der Waals surface area contributed by atoms with Gasteiger partial charge in [0.05, 0.1) is 39.0 Å². The number of rotatable bonds is 3. The van der Waals surface area contributed by atoms with Gasteiger partial charge >= 0.3 is 0 Å². The van der Waals surface area contributed by atoms with Gasteiger partial charge in [-0.1, -0.05) is 6.07 Å².